The van der Waals surface area contributed by atoms with Crippen molar-refractivity contribution in [2.45, 2.75) is 19.0 Å². The number of hydrogen-bond donors (Lipinski definition) is 1. The maximum absolute atomic E-state index is 13.3. The second kappa shape index (κ2) is 8.91. The van der Waals surface area contributed by atoms with Crippen LogP contribution in [0.1, 0.15) is 18.1 Å². The van der Waals surface area contributed by atoms with Gasteiger partial charge < -0.3 is 10.2 Å². The minimum absolute atomic E-state index is 0.203. The zero-order valence-corrected chi connectivity index (χ0v) is 19.2. The van der Waals surface area contributed by atoms with Gasteiger partial charge in [0.2, 0.25) is 5.91 Å². The number of fused-ring (bicyclic) bond motifs is 1. The van der Waals surface area contributed by atoms with Gasteiger partial charge in [-0.1, -0.05) is 66.7 Å². The van der Waals surface area contributed by atoms with E-state index in [1.165, 1.54) is 5.56 Å². The van der Waals surface area contributed by atoms with Crippen LogP contribution < -0.4 is 5.32 Å². The lowest BCUT2D eigenvalue weighted by Crippen LogP contribution is -2.51. The Labute approximate surface area is 198 Å². The van der Waals surface area contributed by atoms with Crippen molar-refractivity contribution in [3.63, 3.8) is 0 Å². The fourth-order valence-electron chi connectivity index (χ4n) is 4.77. The van der Waals surface area contributed by atoms with Crippen LogP contribution in [0.5, 0.6) is 0 Å². The number of nitrogens with one attached hydrogen (secondary N) is 1. The molecule has 0 unspecified atom stereocenters. The van der Waals surface area contributed by atoms with Crippen LogP contribution >= 0.6 is 0 Å². The normalized spacial score (nSPS) is 21.2. The quantitative estimate of drug-likeness (QED) is 0.599. The molecule has 4 amide bonds. The lowest BCUT2D eigenvalue weighted by Gasteiger charge is -2.35. The number of carbonyl (C=O) groups excluding carboxylic acids is 3. The van der Waals surface area contributed by atoms with Gasteiger partial charge in [-0.2, -0.15) is 0 Å². The van der Waals surface area contributed by atoms with Gasteiger partial charge in [0, 0.05) is 32.7 Å². The van der Waals surface area contributed by atoms with Crippen molar-refractivity contribution in [1.82, 2.24) is 20.0 Å². The predicted molar refractivity (Wildman–Crippen MR) is 130 cm³/mol. The van der Waals surface area contributed by atoms with Crippen LogP contribution in [0.25, 0.3) is 10.8 Å². The van der Waals surface area contributed by atoms with Crippen LogP contribution in [-0.2, 0) is 21.7 Å². The molecule has 1 atom stereocenters. The van der Waals surface area contributed by atoms with Gasteiger partial charge in [-0.05, 0) is 34.9 Å². The van der Waals surface area contributed by atoms with Crippen molar-refractivity contribution in [3.8, 4) is 0 Å². The standard InChI is InChI=1S/C27H28N4O3/c1-27(23-12-11-21-9-5-6-10-22(21)17-23)25(33)31(26(34)28-27)19-24(32)30-15-13-29(14-16-30)18-20-7-3-2-4-8-20/h2-12,17H,13-16,18-19H2,1H3,(H,28,34)/t27-/m1/s1. The summed E-state index contributed by atoms with van der Waals surface area (Å²) < 4.78 is 0. The maximum atomic E-state index is 13.3. The molecule has 2 aliphatic rings. The van der Waals surface area contributed by atoms with Gasteiger partial charge in [0.25, 0.3) is 5.91 Å². The van der Waals surface area contributed by atoms with E-state index in [4.69, 9.17) is 0 Å². The first-order chi connectivity index (χ1) is 16.4. The topological polar surface area (TPSA) is 73.0 Å². The molecule has 2 heterocycles. The van der Waals surface area contributed by atoms with E-state index in [1.54, 1.807) is 11.8 Å². The Morgan fingerprint density at radius 2 is 1.56 bits per heavy atom. The van der Waals surface area contributed by atoms with E-state index < -0.39 is 17.5 Å². The van der Waals surface area contributed by atoms with Crippen molar-refractivity contribution in [1.29, 1.82) is 0 Å². The van der Waals surface area contributed by atoms with Crippen LogP contribution in [0.3, 0.4) is 0 Å². The van der Waals surface area contributed by atoms with E-state index >= 15 is 0 Å². The molecule has 0 bridgehead atoms. The number of imide groups is 1. The molecule has 2 saturated heterocycles. The van der Waals surface area contributed by atoms with Gasteiger partial charge in [0.05, 0.1) is 0 Å². The molecular weight excluding hydrogens is 428 g/mol. The molecular formula is C27H28N4O3. The zero-order valence-electron chi connectivity index (χ0n) is 19.2. The summed E-state index contributed by atoms with van der Waals surface area (Å²) in [6.07, 6.45) is 0. The third-order valence-electron chi connectivity index (χ3n) is 6.87. The minimum Gasteiger partial charge on any atom is -0.339 e. The average molecular weight is 457 g/mol. The highest BCUT2D eigenvalue weighted by molar-refractivity contribution is 6.09. The zero-order chi connectivity index (χ0) is 23.7. The smallest absolute Gasteiger partial charge is 0.325 e. The molecule has 3 aromatic rings. The Morgan fingerprint density at radius 1 is 0.882 bits per heavy atom. The second-order valence-corrected chi connectivity index (χ2v) is 9.15. The molecule has 174 valence electrons. The van der Waals surface area contributed by atoms with Crippen LogP contribution in [0, 0.1) is 0 Å². The number of benzene rings is 3. The Balaban J connectivity index is 1.23. The summed E-state index contributed by atoms with van der Waals surface area (Å²) in [6.45, 7) is 4.98. The molecule has 3 aromatic carbocycles. The second-order valence-electron chi connectivity index (χ2n) is 9.15. The van der Waals surface area contributed by atoms with Crippen LogP contribution in [0.15, 0.2) is 72.8 Å². The minimum atomic E-state index is -1.20. The molecule has 5 rings (SSSR count). The Hall–Kier alpha value is -3.71. The predicted octanol–water partition coefficient (Wildman–Crippen LogP) is 2.95. The SMILES string of the molecule is C[C@]1(c2ccc3ccccc3c2)NC(=O)N(CC(=O)N2CCN(Cc3ccccc3)CC2)C1=O. The first kappa shape index (κ1) is 22.1. The Kier molecular flexibility index (Phi) is 5.79. The summed E-state index contributed by atoms with van der Waals surface area (Å²) >= 11 is 0. The van der Waals surface area contributed by atoms with Crippen molar-refractivity contribution in [3.05, 3.63) is 83.9 Å². The Bertz CT molecular complexity index is 1240. The van der Waals surface area contributed by atoms with E-state index in [1.807, 2.05) is 60.7 Å². The molecule has 2 fully saturated rings. The van der Waals surface area contributed by atoms with Crippen LogP contribution in [0.4, 0.5) is 4.79 Å². The lowest BCUT2D eigenvalue weighted by atomic mass is 9.90. The number of urea groups is 1. The molecule has 7 heteroatoms. The average Bonchev–Trinajstić information content (AvgIpc) is 3.08. The van der Waals surface area contributed by atoms with Crippen LogP contribution in [0.2, 0.25) is 0 Å². The van der Waals surface area contributed by atoms with Gasteiger partial charge >= 0.3 is 6.03 Å². The molecule has 0 spiro atoms. The summed E-state index contributed by atoms with van der Waals surface area (Å²) in [5.74, 6) is -0.602. The summed E-state index contributed by atoms with van der Waals surface area (Å²) in [4.78, 5) is 44.1. The van der Waals surface area contributed by atoms with Gasteiger partial charge in [-0.25, -0.2) is 4.79 Å². The molecule has 1 N–H and O–H groups in total. The van der Waals surface area contributed by atoms with Gasteiger partial charge in [-0.3, -0.25) is 19.4 Å². The number of piperazine rings is 1. The van der Waals surface area contributed by atoms with Crippen molar-refractivity contribution >= 4 is 28.6 Å². The molecule has 2 aliphatic heterocycles. The van der Waals surface area contributed by atoms with Gasteiger partial charge in [0.15, 0.2) is 0 Å². The summed E-state index contributed by atoms with van der Waals surface area (Å²) in [7, 11) is 0. The van der Waals surface area contributed by atoms with E-state index in [9.17, 15) is 14.4 Å². The fraction of sp³-hybridized carbons (Fsp3) is 0.296. The first-order valence-corrected chi connectivity index (χ1v) is 11.6. The first-order valence-electron chi connectivity index (χ1n) is 11.6. The fourth-order valence-corrected chi connectivity index (χ4v) is 4.77. The number of nitrogens with zero attached hydrogens (tertiary/aromatic N) is 3. The number of rotatable bonds is 5. The highest BCUT2D eigenvalue weighted by Gasteiger charge is 2.49. The highest BCUT2D eigenvalue weighted by Crippen LogP contribution is 2.31. The van der Waals surface area contributed by atoms with E-state index in [2.05, 4.69) is 22.3 Å². The third kappa shape index (κ3) is 4.15. The molecule has 0 radical (unpaired) electrons. The molecule has 0 aromatic heterocycles. The Morgan fingerprint density at radius 3 is 2.29 bits per heavy atom. The van der Waals surface area contributed by atoms with E-state index in [0.29, 0.717) is 18.7 Å². The van der Waals surface area contributed by atoms with E-state index in [0.717, 1.165) is 35.3 Å². The number of amides is 4. The molecule has 7 nitrogen and oxygen atoms in total. The van der Waals surface area contributed by atoms with Crippen molar-refractivity contribution in [2.75, 3.05) is 32.7 Å². The number of hydrogen-bond acceptors (Lipinski definition) is 4. The summed E-state index contributed by atoms with van der Waals surface area (Å²) in [5.41, 5.74) is 0.749. The van der Waals surface area contributed by atoms with Crippen LogP contribution in [-0.4, -0.2) is 65.3 Å². The third-order valence-corrected chi connectivity index (χ3v) is 6.87. The molecule has 34 heavy (non-hydrogen) atoms. The monoisotopic (exact) mass is 456 g/mol. The van der Waals surface area contributed by atoms with E-state index in [-0.39, 0.29) is 12.5 Å². The largest absolute Gasteiger partial charge is 0.339 e. The summed E-state index contributed by atoms with van der Waals surface area (Å²) in [6, 6.07) is 23.3. The van der Waals surface area contributed by atoms with Crippen molar-refractivity contribution in [2.24, 2.45) is 0 Å². The molecule has 0 aliphatic carbocycles. The van der Waals surface area contributed by atoms with Gasteiger partial charge in [-0.15, -0.1) is 0 Å². The van der Waals surface area contributed by atoms with Crippen molar-refractivity contribution < 1.29 is 14.4 Å². The molecule has 0 saturated carbocycles. The lowest BCUT2D eigenvalue weighted by molar-refractivity contribution is -0.139. The van der Waals surface area contributed by atoms with Gasteiger partial charge in [0.1, 0.15) is 12.1 Å². The number of carbonyl (C=O) groups is 3. The maximum Gasteiger partial charge on any atom is 0.325 e. The highest BCUT2D eigenvalue weighted by atomic mass is 16.2. The summed E-state index contributed by atoms with van der Waals surface area (Å²) in [5, 5.41) is 4.86.